The molecular formula is C40H60N6O2. The highest BCUT2D eigenvalue weighted by Gasteiger charge is 2.26. The van der Waals surface area contributed by atoms with E-state index >= 15 is 0 Å². The molecule has 0 radical (unpaired) electrons. The van der Waals surface area contributed by atoms with E-state index in [9.17, 15) is 4.79 Å². The van der Waals surface area contributed by atoms with Crippen molar-refractivity contribution in [3.05, 3.63) is 34.2 Å². The van der Waals surface area contributed by atoms with Gasteiger partial charge >= 0.3 is 0 Å². The van der Waals surface area contributed by atoms with Crippen LogP contribution in [0.15, 0.2) is 18.2 Å². The number of aromatic nitrogens is 2. The van der Waals surface area contributed by atoms with Gasteiger partial charge in [0.25, 0.3) is 0 Å². The number of fused-ring (bicyclic) bond motifs is 1. The second-order valence-electron chi connectivity index (χ2n) is 11.2. The molecule has 1 fully saturated rings. The van der Waals surface area contributed by atoms with Gasteiger partial charge in [-0.25, -0.2) is 4.98 Å². The number of nitrogens with zero attached hydrogens (tertiary/aromatic N) is 4. The molecule has 1 saturated carbocycles. The fourth-order valence-corrected chi connectivity index (χ4v) is 3.78. The van der Waals surface area contributed by atoms with Gasteiger partial charge < -0.3 is 10.0 Å². The zero-order chi connectivity index (χ0) is 34.9. The van der Waals surface area contributed by atoms with Crippen LogP contribution in [-0.4, -0.2) is 20.9 Å². The standard InChI is InChI=1S/C20H29N3O.C20H6.HN3.H2O.11H2/c1-13(2)14-9-10-16-17(11-14)23(15-7-6-8-15)19(21-16)22-18(24)12-20(3,4)5;1-3-5-7-9-11-13-15-17-19-20-18-16-14-12-10-8-6-4-2;1-3-2;;;;;;;;;;;;/h9-11,13,15H,6-8,12H2,1-5H3,(H,21,22,24);1-2H3;1H;1H2;11*1H. The molecule has 1 aliphatic rings. The van der Waals surface area contributed by atoms with Gasteiger partial charge in [-0.2, -0.15) is 0 Å². The Morgan fingerprint density at radius 3 is 1.67 bits per heavy atom. The lowest BCUT2D eigenvalue weighted by atomic mass is 9.92. The van der Waals surface area contributed by atoms with Crippen LogP contribution in [0.4, 0.5) is 5.95 Å². The molecule has 0 unspecified atom stereocenters. The van der Waals surface area contributed by atoms with E-state index in [4.69, 9.17) is 16.0 Å². The summed E-state index contributed by atoms with van der Waals surface area (Å²) in [6, 6.07) is 6.93. The Kier molecular flexibility index (Phi) is 20.6. The summed E-state index contributed by atoms with van der Waals surface area (Å²) in [5.74, 6) is 46.8. The van der Waals surface area contributed by atoms with E-state index in [1.807, 2.05) is 0 Å². The summed E-state index contributed by atoms with van der Waals surface area (Å²) in [7, 11) is 0. The summed E-state index contributed by atoms with van der Waals surface area (Å²) in [5, 5.41) is 3.07. The van der Waals surface area contributed by atoms with Crippen molar-refractivity contribution < 1.29 is 26.0 Å². The number of hydrogen-bond acceptors (Lipinski definition) is 3. The van der Waals surface area contributed by atoms with Gasteiger partial charge in [-0.15, -0.1) is 5.53 Å². The number of hydrogen-bond donors (Lipinski definition) is 2. The maximum Gasteiger partial charge on any atom is 0.227 e. The lowest BCUT2D eigenvalue weighted by molar-refractivity contribution is -0.117. The Morgan fingerprint density at radius 2 is 1.33 bits per heavy atom. The molecule has 1 amide bonds. The summed E-state index contributed by atoms with van der Waals surface area (Å²) in [6.07, 6.45) is 4.08. The molecule has 0 spiro atoms. The van der Waals surface area contributed by atoms with Crippen LogP contribution in [0.5, 0.6) is 0 Å². The maximum absolute atomic E-state index is 12.4. The number of anilines is 1. The van der Waals surface area contributed by atoms with Gasteiger partial charge in [-0.3, -0.25) is 10.1 Å². The molecule has 1 aromatic heterocycles. The van der Waals surface area contributed by atoms with E-state index in [-0.39, 0.29) is 32.5 Å². The zero-order valence-electron chi connectivity index (χ0n) is 28.4. The number of carbonyl (C=O) groups is 1. The highest BCUT2D eigenvalue weighted by atomic mass is 16.1. The van der Waals surface area contributed by atoms with E-state index in [2.05, 4.69) is 169 Å². The number of nitrogens with one attached hydrogen (secondary N) is 2. The molecule has 1 aliphatic carbocycles. The van der Waals surface area contributed by atoms with Crippen molar-refractivity contribution in [1.82, 2.24) is 9.55 Å². The Bertz CT molecular complexity index is 2010. The molecule has 1 aromatic carbocycles. The summed E-state index contributed by atoms with van der Waals surface area (Å²) in [6.45, 7) is 14.1. The van der Waals surface area contributed by atoms with E-state index in [0.717, 1.165) is 11.0 Å². The fraction of sp³-hybridized carbons (Fsp3) is 0.350. The highest BCUT2D eigenvalue weighted by Crippen LogP contribution is 2.38. The van der Waals surface area contributed by atoms with Crippen LogP contribution < -0.4 is 5.32 Å². The number of rotatable bonds is 4. The summed E-state index contributed by atoms with van der Waals surface area (Å²) < 4.78 is 2.26. The van der Waals surface area contributed by atoms with Crippen molar-refractivity contribution in [3.8, 4) is 107 Å². The second kappa shape index (κ2) is 23.8. The van der Waals surface area contributed by atoms with E-state index in [1.54, 1.807) is 18.8 Å². The largest absolute Gasteiger partial charge is 0.412 e. The summed E-state index contributed by atoms with van der Waals surface area (Å²) in [5.41, 5.74) is 15.7. The lowest BCUT2D eigenvalue weighted by Gasteiger charge is -2.29. The molecule has 8 nitrogen and oxygen atoms in total. The van der Waals surface area contributed by atoms with Crippen molar-refractivity contribution in [2.45, 2.75) is 86.1 Å². The van der Waals surface area contributed by atoms with Crippen molar-refractivity contribution in [3.63, 3.8) is 0 Å². The lowest BCUT2D eigenvalue weighted by Crippen LogP contribution is -2.24. The minimum atomic E-state index is -0.0256. The summed E-state index contributed by atoms with van der Waals surface area (Å²) >= 11 is 0. The molecule has 1 heterocycles. The SMILES string of the molecule is CC#CC#CC#CC#CC#CC#CC#CC#CC#CC.CC(C)c1ccc2nc(NC(=O)CC(C)(C)C)n(C3CCC3)c2c1.O.[HH].[HH].[HH].[HH].[HH].[HH].[HH].[HH].[HH].[HH].[HH].[N-]=[N+]=N. The highest BCUT2D eigenvalue weighted by molar-refractivity contribution is 5.92. The molecule has 48 heavy (non-hydrogen) atoms. The molecule has 2 aromatic rings. The molecule has 8 heteroatoms. The van der Waals surface area contributed by atoms with Gasteiger partial charge in [0.2, 0.25) is 11.9 Å². The fourth-order valence-electron chi connectivity index (χ4n) is 3.78. The van der Waals surface area contributed by atoms with Gasteiger partial charge in [0.05, 0.1) is 11.0 Å². The molecule has 0 bridgehead atoms. The molecular weight excluding hydrogens is 596 g/mol. The van der Waals surface area contributed by atoms with E-state index in [0.29, 0.717) is 24.3 Å². The molecule has 262 valence electrons. The smallest absolute Gasteiger partial charge is 0.227 e. The van der Waals surface area contributed by atoms with Gasteiger partial charge in [0.15, 0.2) is 0 Å². The minimum absolute atomic E-state index is 0. The van der Waals surface area contributed by atoms with Gasteiger partial charge in [-0.1, -0.05) is 52.5 Å². The third kappa shape index (κ3) is 17.1. The Morgan fingerprint density at radius 1 is 0.917 bits per heavy atom. The Hall–Kier alpha value is -6.53. The predicted molar refractivity (Wildman–Crippen MR) is 217 cm³/mol. The summed E-state index contributed by atoms with van der Waals surface area (Å²) in [4.78, 5) is 18.9. The van der Waals surface area contributed by atoms with Crippen LogP contribution in [0.25, 0.3) is 21.5 Å². The van der Waals surface area contributed by atoms with Crippen LogP contribution in [0.2, 0.25) is 0 Å². The van der Waals surface area contributed by atoms with Crippen LogP contribution in [0.1, 0.15) is 107 Å². The second-order valence-corrected chi connectivity index (χ2v) is 11.2. The maximum atomic E-state index is 12.4. The number of benzene rings is 1. The average molecular weight is 657 g/mol. The van der Waals surface area contributed by atoms with Crippen LogP contribution in [0.3, 0.4) is 0 Å². The van der Waals surface area contributed by atoms with Gasteiger partial charge in [0, 0.05) is 28.2 Å². The van der Waals surface area contributed by atoms with E-state index in [1.165, 1.54) is 24.8 Å². The van der Waals surface area contributed by atoms with Crippen molar-refractivity contribution in [2.24, 2.45) is 5.41 Å². The topological polar surface area (TPSA) is 139 Å². The van der Waals surface area contributed by atoms with Gasteiger partial charge in [0.1, 0.15) is 0 Å². The quantitative estimate of drug-likeness (QED) is 0.147. The van der Waals surface area contributed by atoms with Crippen molar-refractivity contribution >= 4 is 22.9 Å². The number of carbonyl (C=O) groups excluding carboxylic acids is 1. The molecule has 3 rings (SSSR count). The molecule has 0 aliphatic heterocycles. The third-order valence-corrected chi connectivity index (χ3v) is 5.95. The van der Waals surface area contributed by atoms with Crippen LogP contribution in [0, 0.1) is 118 Å². The normalized spacial score (nSPS) is 9.67. The first-order chi connectivity index (χ1) is 22.6. The molecule has 0 atom stereocenters. The number of amides is 1. The average Bonchev–Trinajstić information content (AvgIpc) is 3.32. The van der Waals surface area contributed by atoms with Crippen LogP contribution in [-0.2, 0) is 4.79 Å². The molecule has 4 N–H and O–H groups in total. The third-order valence-electron chi connectivity index (χ3n) is 5.95. The monoisotopic (exact) mass is 656 g/mol. The first-order valence-corrected chi connectivity index (χ1v) is 14.7. The van der Waals surface area contributed by atoms with E-state index < -0.39 is 0 Å². The first kappa shape index (κ1) is 41.5. The van der Waals surface area contributed by atoms with Crippen molar-refractivity contribution in [1.29, 1.82) is 5.53 Å². The predicted octanol–water partition coefficient (Wildman–Crippen LogP) is 9.07. The Labute approximate surface area is 301 Å². The van der Waals surface area contributed by atoms with Crippen molar-refractivity contribution in [2.75, 3.05) is 5.32 Å². The first-order valence-electron chi connectivity index (χ1n) is 14.7. The number of imidazole rings is 1. The minimum Gasteiger partial charge on any atom is -0.412 e. The Balaban J connectivity index is -0.0000000595. The van der Waals surface area contributed by atoms with Gasteiger partial charge in [-0.05, 0) is 167 Å². The van der Waals surface area contributed by atoms with Crippen LogP contribution >= 0.6 is 0 Å². The molecule has 0 saturated heterocycles. The zero-order valence-corrected chi connectivity index (χ0v) is 28.4.